The van der Waals surface area contributed by atoms with E-state index in [1.54, 1.807) is 13.0 Å². The predicted octanol–water partition coefficient (Wildman–Crippen LogP) is -0.727. The fourth-order valence-electron chi connectivity index (χ4n) is 1.94. The van der Waals surface area contributed by atoms with E-state index < -0.39 is 23.8 Å². The van der Waals surface area contributed by atoms with E-state index in [0.29, 0.717) is 0 Å². The smallest absolute Gasteiger partial charge is 0.286 e. The minimum atomic E-state index is -0.698. The second-order valence-corrected chi connectivity index (χ2v) is 4.59. The third kappa shape index (κ3) is 3.47. The number of carbonyl (C=O) groups is 4. The molecule has 21 heavy (non-hydrogen) atoms. The van der Waals surface area contributed by atoms with Crippen molar-refractivity contribution in [3.63, 3.8) is 0 Å². The maximum atomic E-state index is 12.0. The largest absolute Gasteiger partial charge is 0.459 e. The molecule has 1 unspecified atom stereocenters. The Hall–Kier alpha value is -2.64. The van der Waals surface area contributed by atoms with Gasteiger partial charge in [-0.1, -0.05) is 0 Å². The molecule has 1 fully saturated rings. The Labute approximate surface area is 120 Å². The number of piperazine rings is 1. The molecular weight excluding hydrogens is 278 g/mol. The average Bonchev–Trinajstić information content (AvgIpc) is 2.96. The molecule has 0 aliphatic carbocycles. The number of carbonyl (C=O) groups excluding carboxylic acids is 4. The van der Waals surface area contributed by atoms with Gasteiger partial charge in [-0.25, -0.2) is 0 Å². The fourth-order valence-corrected chi connectivity index (χ4v) is 1.94. The standard InChI is InChI=1S/C13H15N3O5/c1-8-12(19)15-10(17)7-16(8)11(18)4-5-14-13(20)9-3-2-6-21-9/h2-3,6,8H,4-5,7H2,1H3,(H,14,20)(H,15,17,19). The Morgan fingerprint density at radius 2 is 2.24 bits per heavy atom. The number of furan rings is 1. The van der Waals surface area contributed by atoms with Crippen molar-refractivity contribution in [3.05, 3.63) is 24.2 Å². The monoisotopic (exact) mass is 293 g/mol. The Morgan fingerprint density at radius 3 is 2.90 bits per heavy atom. The van der Waals surface area contributed by atoms with Gasteiger partial charge in [0.1, 0.15) is 12.6 Å². The summed E-state index contributed by atoms with van der Waals surface area (Å²) in [4.78, 5) is 47.5. The second kappa shape index (κ2) is 6.21. The Bertz CT molecular complexity index is 566. The maximum absolute atomic E-state index is 12.0. The zero-order chi connectivity index (χ0) is 15.4. The summed E-state index contributed by atoms with van der Waals surface area (Å²) >= 11 is 0. The van der Waals surface area contributed by atoms with E-state index in [2.05, 4.69) is 10.6 Å². The molecule has 0 saturated carbocycles. The van der Waals surface area contributed by atoms with Crippen LogP contribution in [0.2, 0.25) is 0 Å². The molecule has 1 aliphatic heterocycles. The average molecular weight is 293 g/mol. The van der Waals surface area contributed by atoms with E-state index in [4.69, 9.17) is 4.42 Å². The molecule has 2 rings (SSSR count). The first kappa shape index (κ1) is 14.8. The summed E-state index contributed by atoms with van der Waals surface area (Å²) in [5, 5.41) is 4.68. The van der Waals surface area contributed by atoms with Crippen LogP contribution in [0, 0.1) is 0 Å². The summed E-state index contributed by atoms with van der Waals surface area (Å²) in [7, 11) is 0. The molecule has 1 aromatic heterocycles. The van der Waals surface area contributed by atoms with Crippen molar-refractivity contribution in [2.45, 2.75) is 19.4 Å². The van der Waals surface area contributed by atoms with Crippen LogP contribution in [0.3, 0.4) is 0 Å². The summed E-state index contributed by atoms with van der Waals surface area (Å²) in [6.45, 7) is 1.48. The highest BCUT2D eigenvalue weighted by Crippen LogP contribution is 2.07. The number of nitrogens with one attached hydrogen (secondary N) is 2. The van der Waals surface area contributed by atoms with Gasteiger partial charge in [-0.05, 0) is 19.1 Å². The van der Waals surface area contributed by atoms with Crippen LogP contribution >= 0.6 is 0 Å². The van der Waals surface area contributed by atoms with Crippen LogP contribution in [0.15, 0.2) is 22.8 Å². The lowest BCUT2D eigenvalue weighted by molar-refractivity contribution is -0.149. The molecule has 8 nitrogen and oxygen atoms in total. The van der Waals surface area contributed by atoms with Gasteiger partial charge in [0.05, 0.1) is 6.26 Å². The first-order valence-corrected chi connectivity index (χ1v) is 6.44. The zero-order valence-electron chi connectivity index (χ0n) is 11.4. The lowest BCUT2D eigenvalue weighted by Crippen LogP contribution is -2.58. The predicted molar refractivity (Wildman–Crippen MR) is 70.0 cm³/mol. The number of nitrogens with zero attached hydrogens (tertiary/aromatic N) is 1. The Balaban J connectivity index is 1.83. The minimum Gasteiger partial charge on any atom is -0.459 e. The Kier molecular flexibility index (Phi) is 4.36. The van der Waals surface area contributed by atoms with Gasteiger partial charge in [0.2, 0.25) is 17.7 Å². The van der Waals surface area contributed by atoms with Crippen LogP contribution in [-0.2, 0) is 14.4 Å². The quantitative estimate of drug-likeness (QED) is 0.712. The molecule has 4 amide bonds. The normalized spacial score (nSPS) is 18.3. The van der Waals surface area contributed by atoms with Crippen molar-refractivity contribution in [1.82, 2.24) is 15.5 Å². The highest BCUT2D eigenvalue weighted by molar-refractivity contribution is 6.04. The summed E-state index contributed by atoms with van der Waals surface area (Å²) in [5.41, 5.74) is 0. The van der Waals surface area contributed by atoms with Crippen LogP contribution < -0.4 is 10.6 Å². The van der Waals surface area contributed by atoms with Crippen molar-refractivity contribution in [3.8, 4) is 0 Å². The van der Waals surface area contributed by atoms with E-state index in [9.17, 15) is 19.2 Å². The van der Waals surface area contributed by atoms with Crippen molar-refractivity contribution < 1.29 is 23.6 Å². The number of rotatable bonds is 4. The second-order valence-electron chi connectivity index (χ2n) is 4.59. The van der Waals surface area contributed by atoms with E-state index in [-0.39, 0.29) is 31.2 Å². The summed E-state index contributed by atoms with van der Waals surface area (Å²) < 4.78 is 4.91. The molecule has 112 valence electrons. The summed E-state index contributed by atoms with van der Waals surface area (Å²) in [6.07, 6.45) is 1.37. The fraction of sp³-hybridized carbons (Fsp3) is 0.385. The van der Waals surface area contributed by atoms with Gasteiger partial charge in [-0.3, -0.25) is 24.5 Å². The molecule has 1 atom stereocenters. The molecular formula is C13H15N3O5. The number of hydrogen-bond donors (Lipinski definition) is 2. The third-order valence-electron chi connectivity index (χ3n) is 3.11. The molecule has 0 aromatic carbocycles. The van der Waals surface area contributed by atoms with Crippen molar-refractivity contribution in [2.24, 2.45) is 0 Å². The third-order valence-corrected chi connectivity index (χ3v) is 3.11. The molecule has 2 heterocycles. The van der Waals surface area contributed by atoms with Crippen LogP contribution in [-0.4, -0.2) is 47.7 Å². The van der Waals surface area contributed by atoms with Gasteiger partial charge in [0.25, 0.3) is 5.91 Å². The van der Waals surface area contributed by atoms with Crippen molar-refractivity contribution in [2.75, 3.05) is 13.1 Å². The molecule has 2 N–H and O–H groups in total. The maximum Gasteiger partial charge on any atom is 0.286 e. The molecule has 0 radical (unpaired) electrons. The number of imide groups is 1. The van der Waals surface area contributed by atoms with Gasteiger partial charge in [-0.15, -0.1) is 0 Å². The number of amides is 4. The van der Waals surface area contributed by atoms with Crippen molar-refractivity contribution in [1.29, 1.82) is 0 Å². The van der Waals surface area contributed by atoms with E-state index in [1.807, 2.05) is 0 Å². The molecule has 8 heteroatoms. The van der Waals surface area contributed by atoms with Crippen LogP contribution in [0.1, 0.15) is 23.9 Å². The highest BCUT2D eigenvalue weighted by Gasteiger charge is 2.33. The van der Waals surface area contributed by atoms with E-state index in [0.717, 1.165) is 0 Å². The minimum absolute atomic E-state index is 0.00263. The van der Waals surface area contributed by atoms with Crippen LogP contribution in [0.4, 0.5) is 0 Å². The van der Waals surface area contributed by atoms with Gasteiger partial charge >= 0.3 is 0 Å². The van der Waals surface area contributed by atoms with Gasteiger partial charge in [0.15, 0.2) is 5.76 Å². The first-order chi connectivity index (χ1) is 9.99. The van der Waals surface area contributed by atoms with E-state index >= 15 is 0 Å². The van der Waals surface area contributed by atoms with Gasteiger partial charge in [0, 0.05) is 13.0 Å². The molecule has 0 spiro atoms. The SMILES string of the molecule is CC1C(=O)NC(=O)CN1C(=O)CCNC(=O)c1ccco1. The van der Waals surface area contributed by atoms with Gasteiger partial charge < -0.3 is 14.6 Å². The Morgan fingerprint density at radius 1 is 1.48 bits per heavy atom. The molecule has 1 aliphatic rings. The lowest BCUT2D eigenvalue weighted by atomic mass is 10.2. The summed E-state index contributed by atoms with van der Waals surface area (Å²) in [5.74, 6) is -1.65. The molecule has 1 aromatic rings. The van der Waals surface area contributed by atoms with E-state index in [1.165, 1.54) is 17.2 Å². The number of hydrogen-bond acceptors (Lipinski definition) is 5. The van der Waals surface area contributed by atoms with Crippen molar-refractivity contribution >= 4 is 23.6 Å². The van der Waals surface area contributed by atoms with Crippen LogP contribution in [0.25, 0.3) is 0 Å². The topological polar surface area (TPSA) is 109 Å². The molecule has 1 saturated heterocycles. The molecule has 0 bridgehead atoms. The first-order valence-electron chi connectivity index (χ1n) is 6.44. The summed E-state index contributed by atoms with van der Waals surface area (Å²) in [6, 6.07) is 2.39. The van der Waals surface area contributed by atoms with Crippen LogP contribution in [0.5, 0.6) is 0 Å². The highest BCUT2D eigenvalue weighted by atomic mass is 16.3. The van der Waals surface area contributed by atoms with Gasteiger partial charge in [-0.2, -0.15) is 0 Å². The zero-order valence-corrected chi connectivity index (χ0v) is 11.4. The lowest BCUT2D eigenvalue weighted by Gasteiger charge is -2.31.